The van der Waals surface area contributed by atoms with Gasteiger partial charge in [0.25, 0.3) is 0 Å². The minimum atomic E-state index is 0.375. The number of piperidine rings is 1. The molecule has 0 bridgehead atoms. The third-order valence-electron chi connectivity index (χ3n) is 6.08. The normalized spacial score (nSPS) is 16.5. The number of nitrogens with zero attached hydrogens (tertiary/aromatic N) is 6. The number of nitrogens with two attached hydrogens (primary N) is 1. The fourth-order valence-corrected chi connectivity index (χ4v) is 4.29. The van der Waals surface area contributed by atoms with Crippen LogP contribution in [0.2, 0.25) is 0 Å². The molecular formula is C24H29N9. The van der Waals surface area contributed by atoms with Crippen molar-refractivity contribution in [3.63, 3.8) is 0 Å². The van der Waals surface area contributed by atoms with E-state index < -0.39 is 0 Å². The van der Waals surface area contributed by atoms with E-state index in [-0.39, 0.29) is 0 Å². The van der Waals surface area contributed by atoms with Crippen molar-refractivity contribution in [3.8, 4) is 11.1 Å². The zero-order valence-electron chi connectivity index (χ0n) is 18.9. The van der Waals surface area contributed by atoms with E-state index in [1.807, 2.05) is 48.3 Å². The van der Waals surface area contributed by atoms with Crippen molar-refractivity contribution in [1.29, 1.82) is 0 Å². The molecule has 4 aromatic rings. The van der Waals surface area contributed by atoms with Gasteiger partial charge in [-0.2, -0.15) is 14.7 Å². The van der Waals surface area contributed by atoms with Crippen LogP contribution < -0.4 is 21.3 Å². The van der Waals surface area contributed by atoms with Crippen LogP contribution in [0.5, 0.6) is 0 Å². The zero-order chi connectivity index (χ0) is 22.8. The number of nitrogens with one attached hydrogen (secondary N) is 2. The molecule has 1 fully saturated rings. The molecule has 0 spiro atoms. The van der Waals surface area contributed by atoms with Crippen molar-refractivity contribution in [3.05, 3.63) is 67.0 Å². The number of fused-ring (bicyclic) bond motifs is 1. The average molecular weight is 444 g/mol. The van der Waals surface area contributed by atoms with Gasteiger partial charge < -0.3 is 21.3 Å². The summed E-state index contributed by atoms with van der Waals surface area (Å²) < 4.78 is 3.67. The summed E-state index contributed by atoms with van der Waals surface area (Å²) in [6.07, 6.45) is 11.3. The predicted octanol–water partition coefficient (Wildman–Crippen LogP) is 3.21. The maximum absolute atomic E-state index is 5.51. The molecule has 0 radical (unpaired) electrons. The Morgan fingerprint density at radius 1 is 1.21 bits per heavy atom. The molecular weight excluding hydrogens is 414 g/mol. The van der Waals surface area contributed by atoms with Crippen LogP contribution in [0.3, 0.4) is 0 Å². The van der Waals surface area contributed by atoms with Gasteiger partial charge in [0.05, 0.1) is 18.1 Å². The quantitative estimate of drug-likeness (QED) is 0.421. The molecule has 5 rings (SSSR count). The summed E-state index contributed by atoms with van der Waals surface area (Å²) in [6.45, 7) is 2.01. The average Bonchev–Trinajstić information content (AvgIpc) is 3.46. The van der Waals surface area contributed by atoms with E-state index in [0.717, 1.165) is 65.6 Å². The molecule has 1 atom stereocenters. The molecule has 0 amide bonds. The van der Waals surface area contributed by atoms with Crippen LogP contribution in [0.4, 0.5) is 17.2 Å². The van der Waals surface area contributed by atoms with Crippen LogP contribution in [0.25, 0.3) is 16.8 Å². The first-order valence-corrected chi connectivity index (χ1v) is 11.2. The minimum Gasteiger partial charge on any atom is -0.403 e. The van der Waals surface area contributed by atoms with E-state index >= 15 is 0 Å². The number of aromatic nitrogens is 5. The molecule has 1 aromatic carbocycles. The first-order valence-electron chi connectivity index (χ1n) is 11.2. The van der Waals surface area contributed by atoms with Gasteiger partial charge in [0.1, 0.15) is 5.82 Å². The Kier molecular flexibility index (Phi) is 5.70. The van der Waals surface area contributed by atoms with Crippen molar-refractivity contribution >= 4 is 22.8 Å². The molecule has 170 valence electrons. The summed E-state index contributed by atoms with van der Waals surface area (Å²) in [5.41, 5.74) is 11.4. The van der Waals surface area contributed by atoms with Crippen LogP contribution in [-0.2, 0) is 7.05 Å². The Bertz CT molecular complexity index is 1260. The monoisotopic (exact) mass is 443 g/mol. The van der Waals surface area contributed by atoms with Crippen molar-refractivity contribution in [1.82, 2.24) is 29.7 Å². The van der Waals surface area contributed by atoms with Gasteiger partial charge in [-0.3, -0.25) is 4.68 Å². The van der Waals surface area contributed by atoms with E-state index in [9.17, 15) is 0 Å². The lowest BCUT2D eigenvalue weighted by atomic mass is 9.96. The Balaban J connectivity index is 1.54. The van der Waals surface area contributed by atoms with E-state index in [2.05, 4.69) is 51.2 Å². The lowest BCUT2D eigenvalue weighted by Crippen LogP contribution is -2.29. The van der Waals surface area contributed by atoms with Crippen LogP contribution >= 0.6 is 0 Å². The smallest absolute Gasteiger partial charge is 0.165 e. The fraction of sp³-hybridized carbons (Fsp3) is 0.292. The van der Waals surface area contributed by atoms with E-state index in [1.165, 1.54) is 6.20 Å². The molecule has 1 aliphatic heterocycles. The van der Waals surface area contributed by atoms with Gasteiger partial charge in [0.2, 0.25) is 0 Å². The summed E-state index contributed by atoms with van der Waals surface area (Å²) in [7, 11) is 3.88. The minimum absolute atomic E-state index is 0.375. The van der Waals surface area contributed by atoms with Gasteiger partial charge in [0, 0.05) is 73.7 Å². The number of aryl methyl sites for hydroxylation is 1. The molecule has 9 heteroatoms. The molecule has 33 heavy (non-hydrogen) atoms. The first kappa shape index (κ1) is 21.0. The van der Waals surface area contributed by atoms with Crippen LogP contribution in [0.15, 0.2) is 61.3 Å². The van der Waals surface area contributed by atoms with Crippen molar-refractivity contribution in [2.45, 2.75) is 18.8 Å². The van der Waals surface area contributed by atoms with E-state index in [4.69, 9.17) is 10.7 Å². The maximum Gasteiger partial charge on any atom is 0.165 e. The SMILES string of the molecule is CN(/C=C\N)c1ccc(Nc2cc(C3CCCNC3)nc3c(-c4cnn(C)c4)cnn23)cc1. The van der Waals surface area contributed by atoms with Gasteiger partial charge in [-0.25, -0.2) is 4.98 Å². The number of benzene rings is 1. The third-order valence-corrected chi connectivity index (χ3v) is 6.08. The highest BCUT2D eigenvalue weighted by Gasteiger charge is 2.21. The lowest BCUT2D eigenvalue weighted by Gasteiger charge is -2.23. The molecule has 3 aromatic heterocycles. The summed E-state index contributed by atoms with van der Waals surface area (Å²) >= 11 is 0. The number of hydrogen-bond donors (Lipinski definition) is 3. The van der Waals surface area contributed by atoms with Gasteiger partial charge in [-0.1, -0.05) is 0 Å². The molecule has 9 nitrogen and oxygen atoms in total. The second-order valence-electron chi connectivity index (χ2n) is 8.43. The highest BCUT2D eigenvalue weighted by Crippen LogP contribution is 2.31. The van der Waals surface area contributed by atoms with Gasteiger partial charge >= 0.3 is 0 Å². The summed E-state index contributed by atoms with van der Waals surface area (Å²) in [6, 6.07) is 10.3. The Hall–Kier alpha value is -3.85. The maximum atomic E-state index is 5.51. The summed E-state index contributed by atoms with van der Waals surface area (Å²) in [5.74, 6) is 1.26. The summed E-state index contributed by atoms with van der Waals surface area (Å²) in [4.78, 5) is 7.03. The van der Waals surface area contributed by atoms with Gasteiger partial charge in [-0.15, -0.1) is 0 Å². The molecule has 4 heterocycles. The van der Waals surface area contributed by atoms with E-state index in [0.29, 0.717) is 5.92 Å². The lowest BCUT2D eigenvalue weighted by molar-refractivity contribution is 0.455. The standard InChI is InChI=1S/C24H29N9/c1-31(11-9-25)20-7-5-19(6-8-20)29-23-12-22(17-4-3-10-26-13-17)30-24-21(15-28-33(23)24)18-14-27-32(2)16-18/h5-9,11-12,14-17,26,29H,3-4,10,13,25H2,1-2H3/b11-9-. The number of anilines is 3. The Labute approximate surface area is 192 Å². The molecule has 0 aliphatic carbocycles. The second kappa shape index (κ2) is 8.95. The summed E-state index contributed by atoms with van der Waals surface area (Å²) in [5, 5.41) is 16.1. The molecule has 4 N–H and O–H groups in total. The fourth-order valence-electron chi connectivity index (χ4n) is 4.29. The van der Waals surface area contributed by atoms with Gasteiger partial charge in [0.15, 0.2) is 5.65 Å². The molecule has 1 saturated heterocycles. The number of hydrogen-bond acceptors (Lipinski definition) is 7. The largest absolute Gasteiger partial charge is 0.403 e. The van der Waals surface area contributed by atoms with Gasteiger partial charge in [-0.05, 0) is 43.7 Å². The van der Waals surface area contributed by atoms with E-state index in [1.54, 1.807) is 4.68 Å². The van der Waals surface area contributed by atoms with Crippen LogP contribution in [-0.4, -0.2) is 44.5 Å². The first-order chi connectivity index (χ1) is 16.1. The van der Waals surface area contributed by atoms with Crippen molar-refractivity contribution < 1.29 is 0 Å². The Morgan fingerprint density at radius 3 is 2.76 bits per heavy atom. The molecule has 1 aliphatic rings. The van der Waals surface area contributed by atoms with Crippen LogP contribution in [0.1, 0.15) is 24.5 Å². The van der Waals surface area contributed by atoms with Crippen molar-refractivity contribution in [2.24, 2.45) is 12.8 Å². The molecule has 0 saturated carbocycles. The zero-order valence-corrected chi connectivity index (χ0v) is 18.9. The topological polar surface area (TPSA) is 101 Å². The highest BCUT2D eigenvalue weighted by molar-refractivity contribution is 5.78. The van der Waals surface area contributed by atoms with Crippen LogP contribution in [0, 0.1) is 0 Å². The van der Waals surface area contributed by atoms with Crippen molar-refractivity contribution in [2.75, 3.05) is 30.4 Å². The highest BCUT2D eigenvalue weighted by atomic mass is 15.3. The molecule has 1 unspecified atom stereocenters. The second-order valence-corrected chi connectivity index (χ2v) is 8.43. The third kappa shape index (κ3) is 4.27. The predicted molar refractivity (Wildman–Crippen MR) is 131 cm³/mol. The Morgan fingerprint density at radius 2 is 2.06 bits per heavy atom. The number of rotatable bonds is 6.